The average Bonchev–Trinajstić information content (AvgIpc) is 3.12. The number of carbonyl (C=O) groups excluding carboxylic acids is 1. The first-order valence-corrected chi connectivity index (χ1v) is 12.6. The number of piperazine rings is 1. The van der Waals surface area contributed by atoms with E-state index < -0.39 is 5.41 Å². The van der Waals surface area contributed by atoms with Gasteiger partial charge in [0.1, 0.15) is 0 Å². The molecular formula is C27H27BrN4O. The highest BCUT2D eigenvalue weighted by molar-refractivity contribution is 9.10. The van der Waals surface area contributed by atoms with Gasteiger partial charge in [-0.2, -0.15) is 5.26 Å². The van der Waals surface area contributed by atoms with Gasteiger partial charge in [0.2, 0.25) is 0 Å². The van der Waals surface area contributed by atoms with Crippen LogP contribution in [0.1, 0.15) is 60.3 Å². The lowest BCUT2D eigenvalue weighted by atomic mass is 9.71. The van der Waals surface area contributed by atoms with Gasteiger partial charge in [0, 0.05) is 53.1 Å². The Hall–Kier alpha value is -2.62. The number of rotatable bonds is 2. The van der Waals surface area contributed by atoms with Crippen molar-refractivity contribution in [3.8, 4) is 6.19 Å². The number of hydrogen-bond acceptors (Lipinski definition) is 4. The molecule has 3 aliphatic rings. The van der Waals surface area contributed by atoms with Crippen LogP contribution < -0.4 is 4.90 Å². The van der Waals surface area contributed by atoms with Crippen LogP contribution in [0.15, 0.2) is 40.9 Å². The van der Waals surface area contributed by atoms with Gasteiger partial charge in [0.25, 0.3) is 0 Å². The number of para-hydroxylation sites is 1. The van der Waals surface area contributed by atoms with Crippen LogP contribution in [-0.4, -0.2) is 47.5 Å². The highest BCUT2D eigenvalue weighted by Crippen LogP contribution is 2.47. The maximum Gasteiger partial charge on any atom is 0.195 e. The van der Waals surface area contributed by atoms with Gasteiger partial charge < -0.3 is 4.90 Å². The molecule has 3 aromatic rings. The summed E-state index contributed by atoms with van der Waals surface area (Å²) in [5.74, 6) is 0.00609. The number of hydrogen-bond donors (Lipinski definition) is 0. The molecule has 0 radical (unpaired) electrons. The highest BCUT2D eigenvalue weighted by Gasteiger charge is 2.42. The maximum absolute atomic E-state index is 13.8. The Balaban J connectivity index is 1.45. The summed E-state index contributed by atoms with van der Waals surface area (Å²) in [6.07, 6.45) is 6.39. The Bertz CT molecular complexity index is 1340. The molecule has 1 aromatic heterocycles. The van der Waals surface area contributed by atoms with Crippen molar-refractivity contribution >= 4 is 38.3 Å². The van der Waals surface area contributed by atoms with Gasteiger partial charge in [-0.25, -0.2) is 4.57 Å². The largest absolute Gasteiger partial charge is 0.368 e. The molecule has 168 valence electrons. The van der Waals surface area contributed by atoms with Crippen molar-refractivity contribution in [3.05, 3.63) is 63.3 Å². The van der Waals surface area contributed by atoms with Gasteiger partial charge in [0.05, 0.1) is 22.5 Å². The van der Waals surface area contributed by atoms with Crippen molar-refractivity contribution in [2.75, 3.05) is 31.1 Å². The van der Waals surface area contributed by atoms with E-state index in [2.05, 4.69) is 51.8 Å². The fraction of sp³-hybridized carbons (Fsp3) is 0.407. The van der Waals surface area contributed by atoms with E-state index in [1.165, 1.54) is 19.3 Å². The first kappa shape index (κ1) is 20.9. The number of carbonyl (C=O) groups is 1. The lowest BCUT2D eigenvalue weighted by molar-refractivity contribution is 0.103. The van der Waals surface area contributed by atoms with E-state index in [1.807, 2.05) is 30.3 Å². The fourth-order valence-electron chi connectivity index (χ4n) is 6.02. The smallest absolute Gasteiger partial charge is 0.195 e. The molecule has 2 aromatic carbocycles. The maximum atomic E-state index is 13.8. The van der Waals surface area contributed by atoms with Crippen molar-refractivity contribution in [1.29, 1.82) is 5.26 Å². The summed E-state index contributed by atoms with van der Waals surface area (Å²) in [5, 5.41) is 10.9. The average molecular weight is 503 g/mol. The molecule has 0 atom stereocenters. The third kappa shape index (κ3) is 2.95. The van der Waals surface area contributed by atoms with E-state index in [0.717, 1.165) is 70.1 Å². The number of benzene rings is 2. The Morgan fingerprint density at radius 1 is 1.09 bits per heavy atom. The Morgan fingerprint density at radius 3 is 2.48 bits per heavy atom. The summed E-state index contributed by atoms with van der Waals surface area (Å²) in [7, 11) is 0. The molecule has 2 fully saturated rings. The van der Waals surface area contributed by atoms with Gasteiger partial charge in [-0.1, -0.05) is 38.5 Å². The van der Waals surface area contributed by atoms with Crippen molar-refractivity contribution < 1.29 is 4.79 Å². The first-order valence-electron chi connectivity index (χ1n) is 11.8. The van der Waals surface area contributed by atoms with Gasteiger partial charge in [-0.15, -0.1) is 0 Å². The second-order valence-electron chi connectivity index (χ2n) is 10.1. The highest BCUT2D eigenvalue weighted by atomic mass is 79.9. The van der Waals surface area contributed by atoms with E-state index in [0.29, 0.717) is 5.56 Å². The number of anilines is 1. The predicted molar refractivity (Wildman–Crippen MR) is 134 cm³/mol. The van der Waals surface area contributed by atoms with Crippen LogP contribution in [-0.2, 0) is 5.41 Å². The van der Waals surface area contributed by atoms with Crippen LogP contribution in [0, 0.1) is 11.5 Å². The molecule has 33 heavy (non-hydrogen) atoms. The number of fused-ring (bicyclic) bond motifs is 4. The molecule has 2 aliphatic carbocycles. The molecule has 1 saturated carbocycles. The quantitative estimate of drug-likeness (QED) is 0.478. The van der Waals surface area contributed by atoms with Gasteiger partial charge in [-0.3, -0.25) is 9.69 Å². The second-order valence-corrected chi connectivity index (χ2v) is 10.9. The van der Waals surface area contributed by atoms with E-state index in [1.54, 1.807) is 4.57 Å². The number of halogens is 1. The SMILES string of the molecule is CC1(C)c2cc(N3CCN(C4CCC4)CC3)c(Br)cc2C(=O)c2c1n(C#N)c1ccccc21. The van der Waals surface area contributed by atoms with Crippen molar-refractivity contribution in [1.82, 2.24) is 9.47 Å². The Kier molecular flexibility index (Phi) is 4.73. The van der Waals surface area contributed by atoms with E-state index in [4.69, 9.17) is 0 Å². The lowest BCUT2D eigenvalue weighted by Crippen LogP contribution is -2.52. The molecular weight excluding hydrogens is 476 g/mol. The van der Waals surface area contributed by atoms with Crippen LogP contribution in [0.25, 0.3) is 10.9 Å². The number of aromatic nitrogens is 1. The summed E-state index contributed by atoms with van der Waals surface area (Å²) in [6, 6.07) is 12.7. The molecule has 0 bridgehead atoms. The molecule has 2 heterocycles. The minimum atomic E-state index is -0.476. The summed E-state index contributed by atoms with van der Waals surface area (Å²) >= 11 is 3.79. The molecule has 6 rings (SSSR count). The third-order valence-electron chi connectivity index (χ3n) is 8.04. The normalized spacial score (nSPS) is 20.3. The number of nitriles is 1. The van der Waals surface area contributed by atoms with Crippen molar-refractivity contribution in [2.45, 2.75) is 44.6 Å². The van der Waals surface area contributed by atoms with Gasteiger partial charge in [0.15, 0.2) is 12.0 Å². The molecule has 1 saturated heterocycles. The summed E-state index contributed by atoms with van der Waals surface area (Å²) in [5.41, 5.74) is 4.66. The Labute approximate surface area is 202 Å². The zero-order valence-corrected chi connectivity index (χ0v) is 20.7. The van der Waals surface area contributed by atoms with E-state index >= 15 is 0 Å². The second kappa shape index (κ2) is 7.44. The zero-order chi connectivity index (χ0) is 22.9. The molecule has 6 heteroatoms. The summed E-state index contributed by atoms with van der Waals surface area (Å²) in [4.78, 5) is 18.8. The van der Waals surface area contributed by atoms with Crippen LogP contribution in [0.4, 0.5) is 5.69 Å². The lowest BCUT2D eigenvalue weighted by Gasteiger charge is -2.44. The molecule has 5 nitrogen and oxygen atoms in total. The van der Waals surface area contributed by atoms with Crippen LogP contribution in [0.3, 0.4) is 0 Å². The monoisotopic (exact) mass is 502 g/mol. The zero-order valence-electron chi connectivity index (χ0n) is 19.1. The summed E-state index contributed by atoms with van der Waals surface area (Å²) < 4.78 is 2.62. The van der Waals surface area contributed by atoms with Crippen LogP contribution >= 0.6 is 15.9 Å². The van der Waals surface area contributed by atoms with Crippen LogP contribution in [0.5, 0.6) is 0 Å². The first-order chi connectivity index (χ1) is 15.9. The molecule has 0 amide bonds. The topological polar surface area (TPSA) is 52.3 Å². The molecule has 1 aliphatic heterocycles. The van der Waals surface area contributed by atoms with Crippen molar-refractivity contribution in [2.24, 2.45) is 0 Å². The van der Waals surface area contributed by atoms with E-state index in [-0.39, 0.29) is 5.78 Å². The minimum absolute atomic E-state index is 0.00609. The third-order valence-corrected chi connectivity index (χ3v) is 8.68. The number of nitrogens with zero attached hydrogens (tertiary/aromatic N) is 4. The summed E-state index contributed by atoms with van der Waals surface area (Å²) in [6.45, 7) is 8.43. The fourth-order valence-corrected chi connectivity index (χ4v) is 6.61. The molecule has 0 unspecified atom stereocenters. The van der Waals surface area contributed by atoms with Crippen molar-refractivity contribution in [3.63, 3.8) is 0 Å². The molecule has 0 spiro atoms. The van der Waals surface area contributed by atoms with E-state index in [9.17, 15) is 10.1 Å². The standard InChI is InChI=1S/C27H27BrN4O/c1-27(2)20-15-23(31-12-10-30(11-13-31)17-6-5-7-17)21(28)14-19(20)25(33)24-18-8-3-4-9-22(18)32(16-29)26(24)27/h3-4,8-9,14-15,17H,5-7,10-13H2,1-2H3. The van der Waals surface area contributed by atoms with Crippen LogP contribution in [0.2, 0.25) is 0 Å². The Morgan fingerprint density at radius 2 is 1.82 bits per heavy atom. The molecule has 0 N–H and O–H groups in total. The predicted octanol–water partition coefficient (Wildman–Crippen LogP) is 5.28. The minimum Gasteiger partial charge on any atom is -0.368 e. The van der Waals surface area contributed by atoms with Gasteiger partial charge in [-0.05, 0) is 52.5 Å². The van der Waals surface area contributed by atoms with Gasteiger partial charge >= 0.3 is 0 Å². The number of ketones is 1.